The summed E-state index contributed by atoms with van der Waals surface area (Å²) in [4.78, 5) is 7.02. The topological polar surface area (TPSA) is 51.4 Å². The molecule has 110 valence electrons. The zero-order valence-electron chi connectivity index (χ0n) is 12.2. The summed E-state index contributed by atoms with van der Waals surface area (Å²) in [6.45, 7) is 2.96. The molecule has 0 atom stereocenters. The van der Waals surface area contributed by atoms with Crippen LogP contribution in [0.5, 0.6) is 5.88 Å². The number of rotatable bonds is 4. The predicted molar refractivity (Wildman–Crippen MR) is 82.2 cm³/mol. The monoisotopic (exact) mass is 275 g/mol. The Balaban J connectivity index is 1.68. The SMILES string of the molecule is Nc1ccc(N2CCCCCCC2)nc1OCC1CC1. The lowest BCUT2D eigenvalue weighted by Gasteiger charge is -2.26. The van der Waals surface area contributed by atoms with E-state index in [1.165, 1.54) is 44.9 Å². The van der Waals surface area contributed by atoms with Gasteiger partial charge in [0.25, 0.3) is 0 Å². The van der Waals surface area contributed by atoms with Crippen LogP contribution in [0.2, 0.25) is 0 Å². The lowest BCUT2D eigenvalue weighted by Crippen LogP contribution is -2.28. The molecule has 1 aromatic heterocycles. The first-order chi connectivity index (χ1) is 9.83. The molecule has 1 aliphatic carbocycles. The van der Waals surface area contributed by atoms with Crippen LogP contribution in [0, 0.1) is 5.92 Å². The molecule has 2 N–H and O–H groups in total. The third-order valence-corrected chi connectivity index (χ3v) is 4.21. The molecular formula is C16H25N3O. The Hall–Kier alpha value is -1.45. The van der Waals surface area contributed by atoms with E-state index >= 15 is 0 Å². The van der Waals surface area contributed by atoms with Crippen LogP contribution >= 0.6 is 0 Å². The minimum Gasteiger partial charge on any atom is -0.476 e. The van der Waals surface area contributed by atoms with Crippen molar-refractivity contribution in [1.82, 2.24) is 4.98 Å². The number of pyridine rings is 1. The van der Waals surface area contributed by atoms with Crippen LogP contribution in [0.25, 0.3) is 0 Å². The van der Waals surface area contributed by atoms with Crippen molar-refractivity contribution in [3.63, 3.8) is 0 Å². The molecule has 1 aliphatic heterocycles. The van der Waals surface area contributed by atoms with Crippen molar-refractivity contribution in [2.75, 3.05) is 30.3 Å². The second-order valence-electron chi connectivity index (χ2n) is 6.07. The molecule has 0 amide bonds. The third-order valence-electron chi connectivity index (χ3n) is 4.21. The van der Waals surface area contributed by atoms with Crippen molar-refractivity contribution < 1.29 is 4.74 Å². The zero-order chi connectivity index (χ0) is 13.8. The lowest BCUT2D eigenvalue weighted by molar-refractivity contribution is 0.290. The van der Waals surface area contributed by atoms with Gasteiger partial charge < -0.3 is 15.4 Å². The first-order valence-corrected chi connectivity index (χ1v) is 7.97. The van der Waals surface area contributed by atoms with Gasteiger partial charge in [0, 0.05) is 13.1 Å². The highest BCUT2D eigenvalue weighted by Gasteiger charge is 2.23. The van der Waals surface area contributed by atoms with Gasteiger partial charge in [0.15, 0.2) is 0 Å². The van der Waals surface area contributed by atoms with Crippen molar-refractivity contribution in [3.05, 3.63) is 12.1 Å². The smallest absolute Gasteiger partial charge is 0.239 e. The van der Waals surface area contributed by atoms with E-state index in [0.29, 0.717) is 11.6 Å². The molecule has 4 nitrogen and oxygen atoms in total. The molecule has 3 rings (SSSR count). The lowest BCUT2D eigenvalue weighted by atomic mass is 10.1. The highest BCUT2D eigenvalue weighted by Crippen LogP contribution is 2.31. The summed E-state index contributed by atoms with van der Waals surface area (Å²) in [6, 6.07) is 3.96. The van der Waals surface area contributed by atoms with E-state index in [1.54, 1.807) is 0 Å². The van der Waals surface area contributed by atoms with Gasteiger partial charge in [0.1, 0.15) is 5.82 Å². The van der Waals surface area contributed by atoms with Gasteiger partial charge >= 0.3 is 0 Å². The fourth-order valence-electron chi connectivity index (χ4n) is 2.69. The Morgan fingerprint density at radius 2 is 1.80 bits per heavy atom. The summed E-state index contributed by atoms with van der Waals surface area (Å²) in [5.41, 5.74) is 6.63. The molecule has 2 aliphatic rings. The third kappa shape index (κ3) is 3.56. The van der Waals surface area contributed by atoms with Crippen molar-refractivity contribution in [3.8, 4) is 5.88 Å². The Labute approximate surface area is 121 Å². The van der Waals surface area contributed by atoms with Crippen molar-refractivity contribution in [2.24, 2.45) is 5.92 Å². The number of anilines is 2. The average Bonchev–Trinajstić information content (AvgIpc) is 3.22. The standard InChI is InChI=1S/C16H25N3O/c17-14-8-9-15(18-16(14)20-12-13-6-7-13)19-10-4-2-1-3-5-11-19/h8-9,13H,1-7,10-12,17H2. The van der Waals surface area contributed by atoms with Crippen LogP contribution in [-0.2, 0) is 0 Å². The summed E-state index contributed by atoms with van der Waals surface area (Å²) in [7, 11) is 0. The van der Waals surface area contributed by atoms with Crippen LogP contribution in [-0.4, -0.2) is 24.7 Å². The minimum atomic E-state index is 0.622. The Bertz CT molecular complexity index is 437. The number of nitrogens with two attached hydrogens (primary N) is 1. The number of nitrogen functional groups attached to an aromatic ring is 1. The molecule has 4 heteroatoms. The van der Waals surface area contributed by atoms with E-state index in [1.807, 2.05) is 12.1 Å². The van der Waals surface area contributed by atoms with Crippen LogP contribution in [0.15, 0.2) is 12.1 Å². The van der Waals surface area contributed by atoms with Crippen LogP contribution < -0.4 is 15.4 Å². The van der Waals surface area contributed by atoms with E-state index in [0.717, 1.165) is 31.4 Å². The molecule has 0 spiro atoms. The predicted octanol–water partition coefficient (Wildman–Crippen LogP) is 3.22. The van der Waals surface area contributed by atoms with E-state index in [2.05, 4.69) is 9.88 Å². The maximum atomic E-state index is 5.98. The summed E-state index contributed by atoms with van der Waals surface area (Å²) >= 11 is 0. The van der Waals surface area contributed by atoms with Gasteiger partial charge in [-0.2, -0.15) is 4.98 Å². The largest absolute Gasteiger partial charge is 0.476 e. The number of ether oxygens (including phenoxy) is 1. The number of aromatic nitrogens is 1. The molecule has 1 saturated heterocycles. The van der Waals surface area contributed by atoms with Gasteiger partial charge in [-0.1, -0.05) is 19.3 Å². The van der Waals surface area contributed by atoms with Crippen LogP contribution in [0.3, 0.4) is 0 Å². The van der Waals surface area contributed by atoms with E-state index in [4.69, 9.17) is 10.5 Å². The second-order valence-corrected chi connectivity index (χ2v) is 6.07. The number of hydrogen-bond donors (Lipinski definition) is 1. The van der Waals surface area contributed by atoms with Crippen LogP contribution in [0.4, 0.5) is 11.5 Å². The molecule has 2 heterocycles. The molecule has 0 unspecified atom stereocenters. The summed E-state index contributed by atoms with van der Waals surface area (Å²) < 4.78 is 5.79. The van der Waals surface area contributed by atoms with E-state index in [-0.39, 0.29) is 0 Å². The van der Waals surface area contributed by atoms with Gasteiger partial charge in [0.05, 0.1) is 12.3 Å². The molecule has 1 saturated carbocycles. The molecule has 20 heavy (non-hydrogen) atoms. The maximum absolute atomic E-state index is 5.98. The van der Waals surface area contributed by atoms with Crippen molar-refractivity contribution in [1.29, 1.82) is 0 Å². The molecule has 2 fully saturated rings. The highest BCUT2D eigenvalue weighted by atomic mass is 16.5. The zero-order valence-corrected chi connectivity index (χ0v) is 12.2. The van der Waals surface area contributed by atoms with Gasteiger partial charge in [-0.25, -0.2) is 0 Å². The molecule has 0 radical (unpaired) electrons. The van der Waals surface area contributed by atoms with E-state index < -0.39 is 0 Å². The average molecular weight is 275 g/mol. The number of hydrogen-bond acceptors (Lipinski definition) is 4. The Morgan fingerprint density at radius 3 is 2.50 bits per heavy atom. The molecule has 0 bridgehead atoms. The van der Waals surface area contributed by atoms with Gasteiger partial charge in [0.2, 0.25) is 5.88 Å². The highest BCUT2D eigenvalue weighted by molar-refractivity contribution is 5.54. The minimum absolute atomic E-state index is 0.622. The number of nitrogens with zero attached hydrogens (tertiary/aromatic N) is 2. The summed E-state index contributed by atoms with van der Waals surface area (Å²) in [5, 5.41) is 0. The fourth-order valence-corrected chi connectivity index (χ4v) is 2.69. The molecule has 1 aromatic rings. The summed E-state index contributed by atoms with van der Waals surface area (Å²) in [5.74, 6) is 2.37. The van der Waals surface area contributed by atoms with Gasteiger partial charge in [-0.15, -0.1) is 0 Å². The van der Waals surface area contributed by atoms with Crippen molar-refractivity contribution in [2.45, 2.75) is 44.9 Å². The fraction of sp³-hybridized carbons (Fsp3) is 0.688. The van der Waals surface area contributed by atoms with Crippen LogP contribution in [0.1, 0.15) is 44.9 Å². The molecular weight excluding hydrogens is 250 g/mol. The molecule has 0 aromatic carbocycles. The Morgan fingerprint density at radius 1 is 1.10 bits per heavy atom. The first-order valence-electron chi connectivity index (χ1n) is 7.97. The summed E-state index contributed by atoms with van der Waals surface area (Å²) in [6.07, 6.45) is 9.11. The second kappa shape index (κ2) is 6.33. The van der Waals surface area contributed by atoms with Gasteiger partial charge in [-0.3, -0.25) is 0 Å². The first kappa shape index (κ1) is 13.5. The normalized spacial score (nSPS) is 20.3. The van der Waals surface area contributed by atoms with Gasteiger partial charge in [-0.05, 0) is 43.7 Å². The maximum Gasteiger partial charge on any atom is 0.239 e. The Kier molecular flexibility index (Phi) is 4.28. The van der Waals surface area contributed by atoms with E-state index in [9.17, 15) is 0 Å². The quantitative estimate of drug-likeness (QED) is 0.916. The van der Waals surface area contributed by atoms with Crippen molar-refractivity contribution >= 4 is 11.5 Å².